The maximum Gasteiger partial charge on any atom is 0.407 e. The lowest BCUT2D eigenvalue weighted by molar-refractivity contribution is -0.121. The van der Waals surface area contributed by atoms with Gasteiger partial charge in [-0.25, -0.2) is 9.78 Å². The van der Waals surface area contributed by atoms with Crippen LogP contribution in [0.3, 0.4) is 0 Å². The number of hydrogen-bond acceptors (Lipinski definition) is 5. The highest BCUT2D eigenvalue weighted by Gasteiger charge is 2.15. The van der Waals surface area contributed by atoms with E-state index in [2.05, 4.69) is 21.7 Å². The van der Waals surface area contributed by atoms with Gasteiger partial charge in [0.1, 0.15) is 5.60 Å². The summed E-state index contributed by atoms with van der Waals surface area (Å²) in [5.74, 6) is 0.000267. The highest BCUT2D eigenvalue weighted by atomic mass is 32.1. The predicted octanol–water partition coefficient (Wildman–Crippen LogP) is 3.65. The SMILES string of the molecule is CC(C)(C)OC(=O)NCCCC(=O)NCCCc1nc2ccccc2s1. The van der Waals surface area contributed by atoms with Crippen molar-refractivity contribution in [2.24, 2.45) is 0 Å². The Morgan fingerprint density at radius 2 is 1.85 bits per heavy atom. The summed E-state index contributed by atoms with van der Waals surface area (Å²) < 4.78 is 6.33. The van der Waals surface area contributed by atoms with Gasteiger partial charge >= 0.3 is 6.09 Å². The number of carbonyl (C=O) groups is 2. The van der Waals surface area contributed by atoms with Gasteiger partial charge in [0, 0.05) is 25.9 Å². The van der Waals surface area contributed by atoms with E-state index in [4.69, 9.17) is 4.74 Å². The highest BCUT2D eigenvalue weighted by Crippen LogP contribution is 2.22. The van der Waals surface area contributed by atoms with E-state index in [1.165, 1.54) is 4.70 Å². The van der Waals surface area contributed by atoms with Crippen LogP contribution in [0.4, 0.5) is 4.79 Å². The zero-order chi connectivity index (χ0) is 19.0. The van der Waals surface area contributed by atoms with Crippen molar-refractivity contribution < 1.29 is 14.3 Å². The van der Waals surface area contributed by atoms with Crippen LogP contribution < -0.4 is 10.6 Å². The van der Waals surface area contributed by atoms with Gasteiger partial charge in [-0.05, 0) is 45.7 Å². The van der Waals surface area contributed by atoms with Crippen molar-refractivity contribution in [3.05, 3.63) is 29.3 Å². The second kappa shape index (κ2) is 9.52. The molecule has 1 heterocycles. The van der Waals surface area contributed by atoms with E-state index < -0.39 is 11.7 Å². The number of fused-ring (bicyclic) bond motifs is 1. The zero-order valence-corrected chi connectivity index (χ0v) is 16.4. The molecule has 7 heteroatoms. The van der Waals surface area contributed by atoms with Crippen LogP contribution in [0.25, 0.3) is 10.2 Å². The van der Waals surface area contributed by atoms with E-state index in [0.29, 0.717) is 25.9 Å². The van der Waals surface area contributed by atoms with Gasteiger partial charge in [-0.3, -0.25) is 4.79 Å². The number of alkyl carbamates (subject to hydrolysis) is 1. The monoisotopic (exact) mass is 377 g/mol. The summed E-state index contributed by atoms with van der Waals surface area (Å²) in [6, 6.07) is 8.10. The molecule has 1 aromatic heterocycles. The quantitative estimate of drug-likeness (QED) is 0.688. The fraction of sp³-hybridized carbons (Fsp3) is 0.526. The lowest BCUT2D eigenvalue weighted by Crippen LogP contribution is -2.33. The molecule has 0 aliphatic heterocycles. The summed E-state index contributed by atoms with van der Waals surface area (Å²) >= 11 is 1.70. The minimum atomic E-state index is -0.509. The Hall–Kier alpha value is -2.15. The minimum absolute atomic E-state index is 0.000267. The first-order valence-corrected chi connectivity index (χ1v) is 9.73. The lowest BCUT2D eigenvalue weighted by atomic mass is 10.2. The molecular weight excluding hydrogens is 350 g/mol. The third kappa shape index (κ3) is 7.39. The molecule has 2 amide bonds. The van der Waals surface area contributed by atoms with Crippen molar-refractivity contribution in [1.82, 2.24) is 15.6 Å². The van der Waals surface area contributed by atoms with Crippen LogP contribution in [0.15, 0.2) is 24.3 Å². The molecule has 2 N–H and O–H groups in total. The number of aryl methyl sites for hydroxylation is 1. The highest BCUT2D eigenvalue weighted by molar-refractivity contribution is 7.18. The summed E-state index contributed by atoms with van der Waals surface area (Å²) in [5, 5.41) is 6.65. The molecule has 2 rings (SSSR count). The molecule has 0 atom stereocenters. The Bertz CT molecular complexity index is 704. The number of amides is 2. The second-order valence-electron chi connectivity index (χ2n) is 7.06. The summed E-state index contributed by atoms with van der Waals surface area (Å²) in [4.78, 5) is 27.9. The minimum Gasteiger partial charge on any atom is -0.444 e. The molecular formula is C19H27N3O3S. The summed E-state index contributed by atoms with van der Waals surface area (Å²) in [6.45, 7) is 6.50. The van der Waals surface area contributed by atoms with Crippen molar-refractivity contribution in [3.63, 3.8) is 0 Å². The number of rotatable bonds is 8. The van der Waals surface area contributed by atoms with Crippen molar-refractivity contribution in [3.8, 4) is 0 Å². The van der Waals surface area contributed by atoms with Crippen LogP contribution in [0.2, 0.25) is 0 Å². The van der Waals surface area contributed by atoms with Crippen LogP contribution in [0.1, 0.15) is 45.0 Å². The van der Waals surface area contributed by atoms with Gasteiger partial charge < -0.3 is 15.4 Å². The van der Waals surface area contributed by atoms with Gasteiger partial charge in [0.15, 0.2) is 0 Å². The number of para-hydroxylation sites is 1. The van der Waals surface area contributed by atoms with Crippen molar-refractivity contribution in [2.75, 3.05) is 13.1 Å². The standard InChI is InChI=1S/C19H27N3O3S/c1-19(2,3)25-18(24)21-13-6-10-16(23)20-12-7-11-17-22-14-8-4-5-9-15(14)26-17/h4-5,8-9H,6-7,10-13H2,1-3H3,(H,20,23)(H,21,24). The number of hydrogen-bond donors (Lipinski definition) is 2. The molecule has 2 aromatic rings. The van der Waals surface area contributed by atoms with Gasteiger partial charge in [-0.2, -0.15) is 0 Å². The van der Waals surface area contributed by atoms with Crippen molar-refractivity contribution >= 4 is 33.6 Å². The van der Waals surface area contributed by atoms with Gasteiger partial charge in [0.05, 0.1) is 15.2 Å². The number of thiazole rings is 1. The van der Waals surface area contributed by atoms with Crippen LogP contribution in [0, 0.1) is 0 Å². The van der Waals surface area contributed by atoms with Crippen LogP contribution >= 0.6 is 11.3 Å². The Morgan fingerprint density at radius 1 is 1.12 bits per heavy atom. The van der Waals surface area contributed by atoms with E-state index in [1.54, 1.807) is 11.3 Å². The molecule has 0 fully saturated rings. The largest absolute Gasteiger partial charge is 0.444 e. The molecule has 0 bridgehead atoms. The Morgan fingerprint density at radius 3 is 2.58 bits per heavy atom. The summed E-state index contributed by atoms with van der Waals surface area (Å²) in [7, 11) is 0. The van der Waals surface area contributed by atoms with Crippen molar-refractivity contribution in [1.29, 1.82) is 0 Å². The third-order valence-electron chi connectivity index (χ3n) is 3.48. The third-order valence-corrected chi connectivity index (χ3v) is 4.57. The first-order chi connectivity index (χ1) is 12.3. The van der Waals surface area contributed by atoms with Crippen LogP contribution in [-0.4, -0.2) is 35.7 Å². The molecule has 0 saturated carbocycles. The average molecular weight is 378 g/mol. The number of carbonyl (C=O) groups excluding carboxylic acids is 2. The smallest absolute Gasteiger partial charge is 0.407 e. The maximum atomic E-state index is 11.8. The van der Waals surface area contributed by atoms with Gasteiger partial charge in [0.25, 0.3) is 0 Å². The first-order valence-electron chi connectivity index (χ1n) is 8.91. The second-order valence-corrected chi connectivity index (χ2v) is 8.18. The molecule has 0 spiro atoms. The molecule has 0 saturated heterocycles. The summed E-state index contributed by atoms with van der Waals surface area (Å²) in [5.41, 5.74) is 0.527. The fourth-order valence-corrected chi connectivity index (χ4v) is 3.35. The Kier molecular flexibility index (Phi) is 7.38. The molecule has 142 valence electrons. The molecule has 26 heavy (non-hydrogen) atoms. The maximum absolute atomic E-state index is 11.8. The fourth-order valence-electron chi connectivity index (χ4n) is 2.34. The normalized spacial score (nSPS) is 11.3. The first kappa shape index (κ1) is 20.2. The van der Waals surface area contributed by atoms with Gasteiger partial charge in [-0.1, -0.05) is 12.1 Å². The molecule has 1 aromatic carbocycles. The van der Waals surface area contributed by atoms with Gasteiger partial charge in [-0.15, -0.1) is 11.3 Å². The summed E-state index contributed by atoms with van der Waals surface area (Å²) in [6.07, 6.45) is 2.25. The Balaban J connectivity index is 1.54. The predicted molar refractivity (Wildman–Crippen MR) is 104 cm³/mol. The number of ether oxygens (including phenoxy) is 1. The average Bonchev–Trinajstić information content (AvgIpc) is 2.97. The van der Waals surface area contributed by atoms with E-state index in [-0.39, 0.29) is 5.91 Å². The van der Waals surface area contributed by atoms with Gasteiger partial charge in [0.2, 0.25) is 5.91 Å². The topological polar surface area (TPSA) is 80.3 Å². The van der Waals surface area contributed by atoms with E-state index in [0.717, 1.165) is 23.4 Å². The molecule has 6 nitrogen and oxygen atoms in total. The van der Waals surface area contributed by atoms with Crippen LogP contribution in [0.5, 0.6) is 0 Å². The molecule has 0 aliphatic carbocycles. The van der Waals surface area contributed by atoms with E-state index in [9.17, 15) is 9.59 Å². The number of nitrogens with zero attached hydrogens (tertiary/aromatic N) is 1. The van der Waals surface area contributed by atoms with Crippen molar-refractivity contribution in [2.45, 2.75) is 52.1 Å². The van der Waals surface area contributed by atoms with E-state index >= 15 is 0 Å². The molecule has 0 unspecified atom stereocenters. The van der Waals surface area contributed by atoms with E-state index in [1.807, 2.05) is 39.0 Å². The number of nitrogens with one attached hydrogen (secondary N) is 2. The number of benzene rings is 1. The lowest BCUT2D eigenvalue weighted by Gasteiger charge is -2.19. The molecule has 0 radical (unpaired) electrons. The zero-order valence-electron chi connectivity index (χ0n) is 15.6. The Labute approximate surface area is 158 Å². The molecule has 0 aliphatic rings. The van der Waals surface area contributed by atoms with Crippen LogP contribution in [-0.2, 0) is 16.0 Å². The number of aromatic nitrogens is 1.